The Morgan fingerprint density at radius 2 is 2.05 bits per heavy atom. The molecule has 0 bridgehead atoms. The van der Waals surface area contributed by atoms with Gasteiger partial charge in [0.05, 0.1) is 19.1 Å². The number of nitriles is 1. The lowest BCUT2D eigenvalue weighted by molar-refractivity contribution is -0.139. The average Bonchev–Trinajstić information content (AvgIpc) is 2.37. The molecule has 0 heterocycles. The highest BCUT2D eigenvalue weighted by Crippen LogP contribution is 2.41. The molecule has 0 aromatic heterocycles. The van der Waals surface area contributed by atoms with Crippen LogP contribution in [0.1, 0.15) is 16.7 Å². The fraction of sp³-hybridized carbons (Fsp3) is 0.333. The van der Waals surface area contributed by atoms with Gasteiger partial charge in [-0.1, -0.05) is 12.1 Å². The average molecular weight is 324 g/mol. The van der Waals surface area contributed by atoms with E-state index in [1.807, 2.05) is 0 Å². The molecule has 1 aromatic rings. The Morgan fingerprint density at radius 3 is 2.50 bits per heavy atom. The van der Waals surface area contributed by atoms with Gasteiger partial charge in [0.1, 0.15) is 6.07 Å². The summed E-state index contributed by atoms with van der Waals surface area (Å²) in [6.07, 6.45) is -0.270. The predicted octanol–water partition coefficient (Wildman–Crippen LogP) is 3.62. The first kappa shape index (κ1) is 16.7. The third-order valence-electron chi connectivity index (χ3n) is 2.36. The van der Waals surface area contributed by atoms with Gasteiger partial charge in [0.25, 0.3) is 0 Å². The number of methoxy groups -OCH3 is 1. The number of ether oxygens (including phenoxy) is 1. The van der Waals surface area contributed by atoms with Gasteiger partial charge in [0, 0.05) is 10.8 Å². The Kier molecular flexibility index (Phi) is 5.72. The highest BCUT2D eigenvalue weighted by Gasteiger charge is 2.32. The van der Waals surface area contributed by atoms with E-state index in [4.69, 9.17) is 16.9 Å². The summed E-state index contributed by atoms with van der Waals surface area (Å²) in [7, 11) is 1.16. The zero-order chi connectivity index (χ0) is 15.3. The summed E-state index contributed by atoms with van der Waals surface area (Å²) in [6, 6.07) is 4.49. The SMILES string of the molecule is COC(=O)Cc1ccc(CCl)c(SC(F)(F)F)c1C#N. The van der Waals surface area contributed by atoms with E-state index in [0.717, 1.165) is 7.11 Å². The van der Waals surface area contributed by atoms with Crippen molar-refractivity contribution in [2.24, 2.45) is 0 Å². The fourth-order valence-electron chi connectivity index (χ4n) is 1.50. The number of thioether (sulfide) groups is 1. The second kappa shape index (κ2) is 6.86. The molecule has 0 unspecified atom stereocenters. The van der Waals surface area contributed by atoms with Crippen molar-refractivity contribution in [2.45, 2.75) is 22.7 Å². The number of carbonyl (C=O) groups excluding carboxylic acids is 1. The molecule has 0 spiro atoms. The molecule has 0 aliphatic carbocycles. The molecule has 1 aromatic carbocycles. The number of rotatable bonds is 4. The van der Waals surface area contributed by atoms with Crippen LogP contribution in [0.2, 0.25) is 0 Å². The Balaban J connectivity index is 3.34. The first-order valence-electron chi connectivity index (χ1n) is 5.25. The van der Waals surface area contributed by atoms with Crippen LogP contribution in [-0.4, -0.2) is 18.6 Å². The van der Waals surface area contributed by atoms with Crippen LogP contribution in [0, 0.1) is 11.3 Å². The monoisotopic (exact) mass is 323 g/mol. The van der Waals surface area contributed by atoms with Crippen LogP contribution in [0.3, 0.4) is 0 Å². The first-order chi connectivity index (χ1) is 9.32. The van der Waals surface area contributed by atoms with Crippen molar-refractivity contribution in [2.75, 3.05) is 7.11 Å². The minimum Gasteiger partial charge on any atom is -0.469 e. The summed E-state index contributed by atoms with van der Waals surface area (Å²) in [4.78, 5) is 10.9. The summed E-state index contributed by atoms with van der Waals surface area (Å²) in [5.41, 5.74) is -4.37. The van der Waals surface area contributed by atoms with Gasteiger partial charge >= 0.3 is 11.5 Å². The number of hydrogen-bond donors (Lipinski definition) is 0. The molecule has 0 N–H and O–H groups in total. The number of benzene rings is 1. The van der Waals surface area contributed by atoms with Crippen LogP contribution >= 0.6 is 23.4 Å². The summed E-state index contributed by atoms with van der Waals surface area (Å²) < 4.78 is 42.1. The molecule has 1 rings (SSSR count). The van der Waals surface area contributed by atoms with Gasteiger partial charge < -0.3 is 4.74 Å². The maximum Gasteiger partial charge on any atom is 0.446 e. The van der Waals surface area contributed by atoms with Crippen LogP contribution in [0.25, 0.3) is 0 Å². The molecule has 0 aliphatic heterocycles. The minimum atomic E-state index is -4.55. The van der Waals surface area contributed by atoms with Crippen LogP contribution in [0.15, 0.2) is 17.0 Å². The van der Waals surface area contributed by atoms with E-state index < -0.39 is 23.2 Å². The van der Waals surface area contributed by atoms with Crippen molar-refractivity contribution in [1.29, 1.82) is 5.26 Å². The highest BCUT2D eigenvalue weighted by molar-refractivity contribution is 8.00. The summed E-state index contributed by atoms with van der Waals surface area (Å²) in [6.45, 7) is 0. The lowest BCUT2D eigenvalue weighted by Crippen LogP contribution is -2.09. The third-order valence-corrected chi connectivity index (χ3v) is 3.55. The van der Waals surface area contributed by atoms with Crippen LogP contribution in [-0.2, 0) is 21.8 Å². The quantitative estimate of drug-likeness (QED) is 0.482. The smallest absolute Gasteiger partial charge is 0.446 e. The second-order valence-electron chi connectivity index (χ2n) is 3.63. The van der Waals surface area contributed by atoms with Crippen molar-refractivity contribution >= 4 is 29.3 Å². The van der Waals surface area contributed by atoms with Crippen molar-refractivity contribution in [3.63, 3.8) is 0 Å². The molecule has 0 amide bonds. The van der Waals surface area contributed by atoms with Crippen molar-refractivity contribution in [3.8, 4) is 6.07 Å². The normalized spacial score (nSPS) is 11.0. The standard InChI is InChI=1S/C12H9ClF3NO2S/c1-19-10(18)4-7-2-3-8(5-13)11(9(7)6-17)20-12(14,15)16/h2-3H,4-5H2,1H3. The van der Waals surface area contributed by atoms with Gasteiger partial charge in [-0.2, -0.15) is 18.4 Å². The highest BCUT2D eigenvalue weighted by atomic mass is 35.5. The molecule has 0 aliphatic rings. The second-order valence-corrected chi connectivity index (χ2v) is 4.98. The number of carbonyl (C=O) groups is 1. The number of nitrogens with zero attached hydrogens (tertiary/aromatic N) is 1. The molecule has 0 saturated carbocycles. The lowest BCUT2D eigenvalue weighted by atomic mass is 10.0. The minimum absolute atomic E-state index is 0.161. The predicted molar refractivity (Wildman–Crippen MR) is 68.3 cm³/mol. The molecule has 8 heteroatoms. The van der Waals surface area contributed by atoms with Gasteiger partial charge in [-0.05, 0) is 22.9 Å². The van der Waals surface area contributed by atoms with Crippen LogP contribution in [0.4, 0.5) is 13.2 Å². The van der Waals surface area contributed by atoms with Crippen molar-refractivity contribution < 1.29 is 22.7 Å². The van der Waals surface area contributed by atoms with Gasteiger partial charge in [0.2, 0.25) is 0 Å². The van der Waals surface area contributed by atoms with E-state index in [-0.39, 0.29) is 33.9 Å². The van der Waals surface area contributed by atoms with Crippen LogP contribution < -0.4 is 0 Å². The maximum absolute atomic E-state index is 12.6. The molecular formula is C12H9ClF3NO2S. The van der Waals surface area contributed by atoms with E-state index in [9.17, 15) is 18.0 Å². The van der Waals surface area contributed by atoms with E-state index >= 15 is 0 Å². The van der Waals surface area contributed by atoms with Gasteiger partial charge in [0.15, 0.2) is 0 Å². The number of alkyl halides is 4. The maximum atomic E-state index is 12.6. The molecule has 0 saturated heterocycles. The Bertz CT molecular complexity index is 555. The summed E-state index contributed by atoms with van der Waals surface area (Å²) >= 11 is 5.19. The Labute approximate surface area is 122 Å². The molecular weight excluding hydrogens is 315 g/mol. The van der Waals surface area contributed by atoms with Gasteiger partial charge in [-0.3, -0.25) is 4.79 Å². The van der Waals surface area contributed by atoms with Gasteiger partial charge in [-0.25, -0.2) is 0 Å². The molecule has 3 nitrogen and oxygen atoms in total. The third kappa shape index (κ3) is 4.32. The number of halogens is 4. The van der Waals surface area contributed by atoms with Crippen LogP contribution in [0.5, 0.6) is 0 Å². The summed E-state index contributed by atoms with van der Waals surface area (Å²) in [5, 5.41) is 9.08. The van der Waals surface area contributed by atoms with E-state index in [1.54, 1.807) is 6.07 Å². The Morgan fingerprint density at radius 1 is 1.45 bits per heavy atom. The molecule has 0 atom stereocenters. The largest absolute Gasteiger partial charge is 0.469 e. The zero-order valence-electron chi connectivity index (χ0n) is 10.3. The molecule has 108 valence electrons. The molecule has 0 fully saturated rings. The Hall–Kier alpha value is -1.39. The lowest BCUT2D eigenvalue weighted by Gasteiger charge is -2.14. The number of esters is 1. The van der Waals surface area contributed by atoms with E-state index in [0.29, 0.717) is 0 Å². The first-order valence-corrected chi connectivity index (χ1v) is 6.60. The van der Waals surface area contributed by atoms with E-state index in [2.05, 4.69) is 4.74 Å². The summed E-state index contributed by atoms with van der Waals surface area (Å²) in [5.74, 6) is -0.797. The molecule has 20 heavy (non-hydrogen) atoms. The van der Waals surface area contributed by atoms with Crippen molar-refractivity contribution in [3.05, 3.63) is 28.8 Å². The van der Waals surface area contributed by atoms with E-state index in [1.165, 1.54) is 12.1 Å². The zero-order valence-corrected chi connectivity index (χ0v) is 11.8. The fourth-order valence-corrected chi connectivity index (χ4v) is 2.59. The van der Waals surface area contributed by atoms with Gasteiger partial charge in [-0.15, -0.1) is 11.6 Å². The molecule has 0 radical (unpaired) electrons. The number of hydrogen-bond acceptors (Lipinski definition) is 4. The van der Waals surface area contributed by atoms with Crippen molar-refractivity contribution in [1.82, 2.24) is 0 Å². The topological polar surface area (TPSA) is 50.1 Å².